The maximum atomic E-state index is 12.8. The number of hydrogen-bond donors (Lipinski definition) is 1. The minimum Gasteiger partial charge on any atom is -0.341 e. The number of nitrogens with two attached hydrogens (primary N) is 1. The first-order valence-corrected chi connectivity index (χ1v) is 11.1. The summed E-state index contributed by atoms with van der Waals surface area (Å²) in [5.74, 6) is 0.235. The van der Waals surface area contributed by atoms with Crippen molar-refractivity contribution >= 4 is 15.9 Å². The SMILES string of the molecule is N[C@H](C(=O)N1CCCC1)C1CCC(N2Cc3ccccc3S2(=O)=O)CC1. The van der Waals surface area contributed by atoms with Crippen molar-refractivity contribution in [3.05, 3.63) is 29.8 Å². The second-order valence-corrected chi connectivity index (χ2v) is 9.64. The number of nitrogens with zero attached hydrogens (tertiary/aromatic N) is 2. The van der Waals surface area contributed by atoms with Crippen molar-refractivity contribution in [2.45, 2.75) is 62.0 Å². The molecule has 1 amide bonds. The minimum absolute atomic E-state index is 0.0118. The molecule has 3 aliphatic rings. The first-order valence-electron chi connectivity index (χ1n) is 9.62. The number of fused-ring (bicyclic) bond motifs is 1. The second kappa shape index (κ2) is 6.94. The maximum Gasteiger partial charge on any atom is 0.243 e. The third-order valence-electron chi connectivity index (χ3n) is 6.24. The summed E-state index contributed by atoms with van der Waals surface area (Å²) < 4.78 is 27.3. The highest BCUT2D eigenvalue weighted by atomic mass is 32.2. The Kier molecular flexibility index (Phi) is 4.79. The number of rotatable bonds is 3. The Balaban J connectivity index is 1.39. The summed E-state index contributed by atoms with van der Waals surface area (Å²) in [5.41, 5.74) is 7.15. The summed E-state index contributed by atoms with van der Waals surface area (Å²) in [6, 6.07) is 6.82. The molecule has 0 radical (unpaired) electrons. The zero-order chi connectivity index (χ0) is 18.3. The van der Waals surface area contributed by atoms with Crippen LogP contribution in [0.15, 0.2) is 29.2 Å². The lowest BCUT2D eigenvalue weighted by atomic mass is 9.81. The molecule has 2 N–H and O–H groups in total. The molecular weight excluding hydrogens is 350 g/mol. The van der Waals surface area contributed by atoms with Crippen LogP contribution in [0.4, 0.5) is 0 Å². The van der Waals surface area contributed by atoms with E-state index >= 15 is 0 Å². The molecule has 0 unspecified atom stereocenters. The molecule has 4 rings (SSSR count). The zero-order valence-corrected chi connectivity index (χ0v) is 15.8. The average Bonchev–Trinajstić information content (AvgIpc) is 3.28. The van der Waals surface area contributed by atoms with Crippen LogP contribution in [0.3, 0.4) is 0 Å². The van der Waals surface area contributed by atoms with Crippen LogP contribution in [-0.4, -0.2) is 48.7 Å². The van der Waals surface area contributed by atoms with Crippen molar-refractivity contribution in [3.8, 4) is 0 Å². The zero-order valence-electron chi connectivity index (χ0n) is 15.0. The van der Waals surface area contributed by atoms with E-state index in [4.69, 9.17) is 5.73 Å². The number of carbonyl (C=O) groups excluding carboxylic acids is 1. The summed E-state index contributed by atoms with van der Waals surface area (Å²) in [4.78, 5) is 14.9. The molecule has 1 saturated heterocycles. The molecule has 0 spiro atoms. The highest BCUT2D eigenvalue weighted by Crippen LogP contribution is 2.38. The van der Waals surface area contributed by atoms with Crippen molar-refractivity contribution in [3.63, 3.8) is 0 Å². The molecular formula is C19H27N3O3S. The Bertz CT molecular complexity index is 781. The van der Waals surface area contributed by atoms with Gasteiger partial charge in [0.2, 0.25) is 15.9 Å². The van der Waals surface area contributed by atoms with Crippen molar-refractivity contribution in [2.24, 2.45) is 11.7 Å². The van der Waals surface area contributed by atoms with Crippen LogP contribution in [0.25, 0.3) is 0 Å². The fourth-order valence-electron chi connectivity index (χ4n) is 4.69. The van der Waals surface area contributed by atoms with Crippen LogP contribution in [0.5, 0.6) is 0 Å². The number of hydrogen-bond acceptors (Lipinski definition) is 4. The minimum atomic E-state index is -3.39. The predicted octanol–water partition coefficient (Wildman–Crippen LogP) is 1.70. The van der Waals surface area contributed by atoms with Crippen LogP contribution in [0.1, 0.15) is 44.1 Å². The van der Waals surface area contributed by atoms with Gasteiger partial charge in [0.1, 0.15) is 0 Å². The molecule has 6 nitrogen and oxygen atoms in total. The fraction of sp³-hybridized carbons (Fsp3) is 0.632. The van der Waals surface area contributed by atoms with E-state index < -0.39 is 16.1 Å². The highest BCUT2D eigenvalue weighted by molar-refractivity contribution is 7.89. The van der Waals surface area contributed by atoms with Crippen LogP contribution in [0.2, 0.25) is 0 Å². The van der Waals surface area contributed by atoms with Crippen molar-refractivity contribution < 1.29 is 13.2 Å². The Morgan fingerprint density at radius 3 is 2.38 bits per heavy atom. The van der Waals surface area contributed by atoms with Gasteiger partial charge in [0.05, 0.1) is 10.9 Å². The molecule has 2 heterocycles. The van der Waals surface area contributed by atoms with Gasteiger partial charge in [-0.3, -0.25) is 4.79 Å². The Labute approximate surface area is 155 Å². The quantitative estimate of drug-likeness (QED) is 0.869. The molecule has 26 heavy (non-hydrogen) atoms. The lowest BCUT2D eigenvalue weighted by molar-refractivity contribution is -0.133. The number of carbonyl (C=O) groups is 1. The van der Waals surface area contributed by atoms with E-state index in [0.29, 0.717) is 11.4 Å². The summed E-state index contributed by atoms with van der Waals surface area (Å²) >= 11 is 0. The number of sulfonamides is 1. The monoisotopic (exact) mass is 377 g/mol. The van der Waals surface area contributed by atoms with Crippen LogP contribution >= 0.6 is 0 Å². The lowest BCUT2D eigenvalue weighted by Crippen LogP contribution is -2.49. The molecule has 2 fully saturated rings. The van der Waals surface area contributed by atoms with E-state index in [0.717, 1.165) is 57.2 Å². The van der Waals surface area contributed by atoms with E-state index in [1.54, 1.807) is 16.4 Å². The van der Waals surface area contributed by atoms with Gasteiger partial charge in [0, 0.05) is 25.7 Å². The van der Waals surface area contributed by atoms with Gasteiger partial charge in [0.25, 0.3) is 0 Å². The summed E-state index contributed by atoms with van der Waals surface area (Å²) in [7, 11) is -3.39. The number of benzene rings is 1. The van der Waals surface area contributed by atoms with Gasteiger partial charge < -0.3 is 10.6 Å². The van der Waals surface area contributed by atoms with Gasteiger partial charge in [-0.25, -0.2) is 8.42 Å². The van der Waals surface area contributed by atoms with Gasteiger partial charge in [-0.05, 0) is 56.1 Å². The van der Waals surface area contributed by atoms with Gasteiger partial charge in [-0.1, -0.05) is 18.2 Å². The van der Waals surface area contributed by atoms with Crippen LogP contribution in [0, 0.1) is 5.92 Å². The van der Waals surface area contributed by atoms with Gasteiger partial charge in [-0.15, -0.1) is 0 Å². The smallest absolute Gasteiger partial charge is 0.243 e. The molecule has 0 bridgehead atoms. The lowest BCUT2D eigenvalue weighted by Gasteiger charge is -2.36. The average molecular weight is 378 g/mol. The molecule has 7 heteroatoms. The summed E-state index contributed by atoms with van der Waals surface area (Å²) in [6.45, 7) is 2.12. The molecule has 1 aliphatic carbocycles. The maximum absolute atomic E-state index is 12.8. The van der Waals surface area contributed by atoms with Crippen molar-refractivity contribution in [1.82, 2.24) is 9.21 Å². The number of likely N-dealkylation sites (tertiary alicyclic amines) is 1. The second-order valence-electron chi connectivity index (χ2n) is 7.78. The first kappa shape index (κ1) is 17.9. The molecule has 0 aromatic heterocycles. The normalized spacial score (nSPS) is 29.5. The molecule has 1 aromatic carbocycles. The standard InChI is InChI=1S/C19H27N3O3S/c20-18(19(23)21-11-3-4-12-21)14-7-9-16(10-8-14)22-13-15-5-1-2-6-17(15)26(22,24)25/h1-2,5-6,14,16,18H,3-4,7-13,20H2/t14?,16?,18-/m0/s1. The van der Waals surface area contributed by atoms with E-state index in [1.807, 2.05) is 17.0 Å². The molecule has 142 valence electrons. The third kappa shape index (κ3) is 3.06. The van der Waals surface area contributed by atoms with E-state index in [9.17, 15) is 13.2 Å². The fourth-order valence-corrected chi connectivity index (χ4v) is 6.57. The van der Waals surface area contributed by atoms with Gasteiger partial charge in [-0.2, -0.15) is 4.31 Å². The summed E-state index contributed by atoms with van der Waals surface area (Å²) in [5, 5.41) is 0. The van der Waals surface area contributed by atoms with E-state index in [-0.39, 0.29) is 17.9 Å². The van der Waals surface area contributed by atoms with Crippen LogP contribution in [-0.2, 0) is 21.4 Å². The Morgan fingerprint density at radius 1 is 1.08 bits per heavy atom. The van der Waals surface area contributed by atoms with E-state index in [2.05, 4.69) is 0 Å². The molecule has 1 atom stereocenters. The predicted molar refractivity (Wildman–Crippen MR) is 98.7 cm³/mol. The van der Waals surface area contributed by atoms with Crippen molar-refractivity contribution in [2.75, 3.05) is 13.1 Å². The van der Waals surface area contributed by atoms with Crippen LogP contribution < -0.4 is 5.73 Å². The molecule has 1 saturated carbocycles. The largest absolute Gasteiger partial charge is 0.341 e. The Morgan fingerprint density at radius 2 is 1.73 bits per heavy atom. The molecule has 1 aromatic rings. The third-order valence-corrected chi connectivity index (χ3v) is 8.24. The highest BCUT2D eigenvalue weighted by Gasteiger charge is 2.41. The summed E-state index contributed by atoms with van der Waals surface area (Å²) in [6.07, 6.45) is 5.32. The topological polar surface area (TPSA) is 83.7 Å². The Hall–Kier alpha value is -1.44. The van der Waals surface area contributed by atoms with Crippen molar-refractivity contribution in [1.29, 1.82) is 0 Å². The molecule has 2 aliphatic heterocycles. The van der Waals surface area contributed by atoms with Gasteiger partial charge >= 0.3 is 0 Å². The van der Waals surface area contributed by atoms with E-state index in [1.165, 1.54) is 0 Å². The van der Waals surface area contributed by atoms with Gasteiger partial charge in [0.15, 0.2) is 0 Å². The first-order chi connectivity index (χ1) is 12.5. The number of amides is 1.